The number of thioether (sulfide) groups is 1. The molecule has 3 nitrogen and oxygen atoms in total. The Bertz CT molecular complexity index is 341. The molecular weight excluding hydrogens is 242 g/mol. The Morgan fingerprint density at radius 1 is 1.44 bits per heavy atom. The predicted molar refractivity (Wildman–Crippen MR) is 81.1 cm³/mol. The van der Waals surface area contributed by atoms with E-state index in [2.05, 4.69) is 55.7 Å². The monoisotopic (exact) mass is 269 g/mol. The summed E-state index contributed by atoms with van der Waals surface area (Å²) < 4.78 is 2.23. The van der Waals surface area contributed by atoms with Crippen molar-refractivity contribution < 1.29 is 0 Å². The van der Waals surface area contributed by atoms with Gasteiger partial charge in [0.2, 0.25) is 0 Å². The highest BCUT2D eigenvalue weighted by atomic mass is 32.2. The van der Waals surface area contributed by atoms with Crippen molar-refractivity contribution in [3.63, 3.8) is 0 Å². The highest BCUT2D eigenvalue weighted by molar-refractivity contribution is 7.99. The third kappa shape index (κ3) is 5.91. The first-order valence-electron chi connectivity index (χ1n) is 6.77. The second-order valence-electron chi connectivity index (χ2n) is 5.75. The Morgan fingerprint density at radius 3 is 2.78 bits per heavy atom. The van der Waals surface area contributed by atoms with Crippen LogP contribution in [-0.2, 0) is 6.54 Å². The molecule has 18 heavy (non-hydrogen) atoms. The molecule has 1 unspecified atom stereocenters. The molecule has 0 spiro atoms. The molecule has 0 saturated heterocycles. The highest BCUT2D eigenvalue weighted by Gasteiger charge is 2.10. The van der Waals surface area contributed by atoms with E-state index in [9.17, 15) is 0 Å². The van der Waals surface area contributed by atoms with Gasteiger partial charge in [-0.3, -0.25) is 0 Å². The number of hydrogen-bond acceptors (Lipinski definition) is 3. The molecule has 4 heteroatoms. The van der Waals surface area contributed by atoms with Crippen LogP contribution in [0.3, 0.4) is 0 Å². The van der Waals surface area contributed by atoms with Crippen molar-refractivity contribution in [2.75, 3.05) is 11.5 Å². The molecule has 1 aromatic rings. The van der Waals surface area contributed by atoms with Crippen molar-refractivity contribution in [2.45, 2.75) is 59.2 Å². The van der Waals surface area contributed by atoms with Gasteiger partial charge in [0.1, 0.15) is 0 Å². The molecule has 104 valence electrons. The van der Waals surface area contributed by atoms with Crippen LogP contribution in [0.1, 0.15) is 52.8 Å². The second kappa shape index (κ2) is 7.19. The van der Waals surface area contributed by atoms with Crippen LogP contribution >= 0.6 is 11.8 Å². The summed E-state index contributed by atoms with van der Waals surface area (Å²) in [5.41, 5.74) is 1.27. The maximum Gasteiger partial charge on any atom is 0.0952 e. The van der Waals surface area contributed by atoms with E-state index in [0.717, 1.165) is 12.2 Å². The summed E-state index contributed by atoms with van der Waals surface area (Å²) in [5, 5.41) is 3.46. The van der Waals surface area contributed by atoms with Crippen LogP contribution < -0.4 is 5.32 Å². The lowest BCUT2D eigenvalue weighted by molar-refractivity contribution is 0.421. The highest BCUT2D eigenvalue weighted by Crippen LogP contribution is 2.15. The summed E-state index contributed by atoms with van der Waals surface area (Å²) in [7, 11) is 0. The molecular formula is C14H27N3S. The average Bonchev–Trinajstić information content (AvgIpc) is 2.74. The summed E-state index contributed by atoms with van der Waals surface area (Å²) in [6.07, 6.45) is 5.34. The zero-order chi connectivity index (χ0) is 13.6. The molecule has 0 aliphatic rings. The van der Waals surface area contributed by atoms with Gasteiger partial charge in [0.25, 0.3) is 0 Å². The molecule has 0 aromatic carbocycles. The van der Waals surface area contributed by atoms with Crippen molar-refractivity contribution in [1.82, 2.24) is 14.9 Å². The Hall–Kier alpha value is -0.480. The fourth-order valence-electron chi connectivity index (χ4n) is 1.61. The summed E-state index contributed by atoms with van der Waals surface area (Å²) in [4.78, 5) is 4.46. The van der Waals surface area contributed by atoms with E-state index < -0.39 is 0 Å². The van der Waals surface area contributed by atoms with E-state index >= 15 is 0 Å². The average molecular weight is 269 g/mol. The smallest absolute Gasteiger partial charge is 0.0952 e. The Morgan fingerprint density at radius 2 is 2.17 bits per heavy atom. The van der Waals surface area contributed by atoms with Crippen molar-refractivity contribution in [2.24, 2.45) is 0 Å². The maximum atomic E-state index is 4.46. The molecule has 0 amide bonds. The first-order chi connectivity index (χ1) is 8.42. The van der Waals surface area contributed by atoms with Crippen LogP contribution in [0.4, 0.5) is 0 Å². The lowest BCUT2D eigenvalue weighted by Crippen LogP contribution is -2.35. The molecule has 1 N–H and O–H groups in total. The number of imidazole rings is 1. The standard InChI is InChI=1S/C14H27N3S/c1-6-18-8-7-12(2)17-10-13(15-11-17)9-16-14(3,4)5/h10-12,16H,6-9H2,1-5H3. The zero-order valence-electron chi connectivity index (χ0n) is 12.4. The first kappa shape index (κ1) is 15.6. The van der Waals surface area contributed by atoms with Crippen molar-refractivity contribution in [1.29, 1.82) is 0 Å². The molecule has 0 bridgehead atoms. The molecule has 1 aromatic heterocycles. The quantitative estimate of drug-likeness (QED) is 0.769. The van der Waals surface area contributed by atoms with E-state index in [-0.39, 0.29) is 5.54 Å². The summed E-state index contributed by atoms with van der Waals surface area (Å²) >= 11 is 2.01. The van der Waals surface area contributed by atoms with Crippen molar-refractivity contribution in [3.8, 4) is 0 Å². The number of nitrogens with zero attached hydrogens (tertiary/aromatic N) is 2. The van der Waals surface area contributed by atoms with E-state index in [4.69, 9.17) is 0 Å². The van der Waals surface area contributed by atoms with Crippen LogP contribution in [0.15, 0.2) is 12.5 Å². The summed E-state index contributed by atoms with van der Waals surface area (Å²) in [5.74, 6) is 2.43. The van der Waals surface area contributed by atoms with E-state index in [1.807, 2.05) is 18.1 Å². The minimum absolute atomic E-state index is 0.146. The molecule has 1 rings (SSSR count). The molecule has 0 fully saturated rings. The van der Waals surface area contributed by atoms with Gasteiger partial charge in [-0.15, -0.1) is 0 Å². The molecule has 0 aliphatic heterocycles. The Labute approximate surface area is 116 Å². The van der Waals surface area contributed by atoms with Gasteiger partial charge in [0.15, 0.2) is 0 Å². The number of aromatic nitrogens is 2. The van der Waals surface area contributed by atoms with E-state index in [1.54, 1.807) is 0 Å². The number of rotatable bonds is 7. The van der Waals surface area contributed by atoms with Gasteiger partial charge >= 0.3 is 0 Å². The SMILES string of the molecule is CCSCCC(C)n1cnc(CNC(C)(C)C)c1. The summed E-state index contributed by atoms with van der Waals surface area (Å²) in [6.45, 7) is 11.8. The van der Waals surface area contributed by atoms with E-state index in [0.29, 0.717) is 6.04 Å². The molecule has 0 aliphatic carbocycles. The third-order valence-electron chi connectivity index (χ3n) is 2.85. The molecule has 1 atom stereocenters. The lowest BCUT2D eigenvalue weighted by atomic mass is 10.1. The van der Waals surface area contributed by atoms with Crippen LogP contribution in [0.5, 0.6) is 0 Å². The Kier molecular flexibility index (Phi) is 6.22. The minimum Gasteiger partial charge on any atom is -0.334 e. The minimum atomic E-state index is 0.146. The number of nitrogens with one attached hydrogen (secondary N) is 1. The van der Waals surface area contributed by atoms with Gasteiger partial charge in [-0.05, 0) is 45.6 Å². The van der Waals surface area contributed by atoms with Crippen LogP contribution in [0.2, 0.25) is 0 Å². The van der Waals surface area contributed by atoms with Gasteiger partial charge in [0, 0.05) is 24.3 Å². The van der Waals surface area contributed by atoms with Crippen molar-refractivity contribution >= 4 is 11.8 Å². The zero-order valence-corrected chi connectivity index (χ0v) is 13.2. The van der Waals surface area contributed by atoms with Gasteiger partial charge < -0.3 is 9.88 Å². The van der Waals surface area contributed by atoms with Crippen molar-refractivity contribution in [3.05, 3.63) is 18.2 Å². The normalized spacial score (nSPS) is 13.8. The van der Waals surface area contributed by atoms with Crippen LogP contribution in [0.25, 0.3) is 0 Å². The molecule has 0 radical (unpaired) electrons. The topological polar surface area (TPSA) is 29.9 Å². The van der Waals surface area contributed by atoms with Gasteiger partial charge in [-0.2, -0.15) is 11.8 Å². The fourth-order valence-corrected chi connectivity index (χ4v) is 2.41. The number of hydrogen-bond donors (Lipinski definition) is 1. The first-order valence-corrected chi connectivity index (χ1v) is 7.93. The lowest BCUT2D eigenvalue weighted by Gasteiger charge is -2.19. The van der Waals surface area contributed by atoms with E-state index in [1.165, 1.54) is 17.9 Å². The summed E-state index contributed by atoms with van der Waals surface area (Å²) in [6, 6.07) is 0.542. The Balaban J connectivity index is 2.42. The third-order valence-corrected chi connectivity index (χ3v) is 3.78. The largest absolute Gasteiger partial charge is 0.334 e. The van der Waals surface area contributed by atoms with Gasteiger partial charge in [0.05, 0.1) is 12.0 Å². The second-order valence-corrected chi connectivity index (χ2v) is 7.14. The van der Waals surface area contributed by atoms with Gasteiger partial charge in [-0.25, -0.2) is 4.98 Å². The molecule has 0 saturated carbocycles. The molecule has 1 heterocycles. The van der Waals surface area contributed by atoms with Crippen LogP contribution in [0, 0.1) is 0 Å². The van der Waals surface area contributed by atoms with Crippen LogP contribution in [-0.4, -0.2) is 26.6 Å². The maximum absolute atomic E-state index is 4.46. The van der Waals surface area contributed by atoms with Gasteiger partial charge in [-0.1, -0.05) is 6.92 Å². The fraction of sp³-hybridized carbons (Fsp3) is 0.786. The predicted octanol–water partition coefficient (Wildman–Crippen LogP) is 3.48.